The Balaban J connectivity index is 2.13. The largest absolute Gasteiger partial charge is 0.480 e. The van der Waals surface area contributed by atoms with Crippen molar-refractivity contribution < 1.29 is 19.4 Å². The Hall–Kier alpha value is -1.30. The number of hydrogen-bond donors (Lipinski definition) is 3. The van der Waals surface area contributed by atoms with Crippen molar-refractivity contribution >= 4 is 12.0 Å². The predicted octanol–water partition coefficient (Wildman–Crippen LogP) is 1.36. The molecule has 19 heavy (non-hydrogen) atoms. The van der Waals surface area contributed by atoms with E-state index in [1.807, 2.05) is 0 Å². The van der Waals surface area contributed by atoms with Crippen molar-refractivity contribution in [1.82, 2.24) is 10.6 Å². The number of carbonyl (C=O) groups is 2. The highest BCUT2D eigenvalue weighted by Gasteiger charge is 2.21. The fourth-order valence-corrected chi connectivity index (χ4v) is 2.32. The van der Waals surface area contributed by atoms with Gasteiger partial charge in [0.2, 0.25) is 0 Å². The molecule has 0 aromatic heterocycles. The van der Waals surface area contributed by atoms with E-state index in [1.165, 1.54) is 12.8 Å². The molecule has 0 radical (unpaired) electrons. The number of nitrogens with one attached hydrogen (secondary N) is 2. The van der Waals surface area contributed by atoms with Gasteiger partial charge in [0, 0.05) is 12.6 Å². The zero-order valence-corrected chi connectivity index (χ0v) is 11.5. The van der Waals surface area contributed by atoms with Crippen molar-refractivity contribution in [1.29, 1.82) is 0 Å². The number of carboxylic acids is 1. The summed E-state index contributed by atoms with van der Waals surface area (Å²) in [7, 11) is 0. The summed E-state index contributed by atoms with van der Waals surface area (Å²) < 4.78 is 4.83. The molecule has 0 saturated heterocycles. The lowest BCUT2D eigenvalue weighted by Gasteiger charge is -2.22. The zero-order chi connectivity index (χ0) is 14.1. The van der Waals surface area contributed by atoms with Gasteiger partial charge in [0.05, 0.1) is 6.61 Å². The van der Waals surface area contributed by atoms with E-state index >= 15 is 0 Å². The lowest BCUT2D eigenvalue weighted by Crippen LogP contribution is -2.45. The highest BCUT2D eigenvalue weighted by molar-refractivity contribution is 5.74. The van der Waals surface area contributed by atoms with Gasteiger partial charge in [0.15, 0.2) is 0 Å². The molecule has 3 N–H and O–H groups in total. The Morgan fingerprint density at radius 3 is 2.74 bits per heavy atom. The van der Waals surface area contributed by atoms with Crippen LogP contribution in [-0.2, 0) is 9.53 Å². The monoisotopic (exact) mass is 272 g/mol. The van der Waals surface area contributed by atoms with Gasteiger partial charge in [-0.2, -0.15) is 0 Å². The average Bonchev–Trinajstić information content (AvgIpc) is 2.54. The lowest BCUT2D eigenvalue weighted by atomic mass is 9.97. The number of carbonyl (C=O) groups excluding carboxylic acids is 1. The maximum absolute atomic E-state index is 11.7. The number of hydrogen-bond acceptors (Lipinski definition) is 3. The number of ether oxygens (including phenoxy) is 1. The number of aliphatic carboxylic acids is 1. The summed E-state index contributed by atoms with van der Waals surface area (Å²) in [4.78, 5) is 21.9. The molecule has 1 aliphatic rings. The topological polar surface area (TPSA) is 87.7 Å². The van der Waals surface area contributed by atoms with E-state index in [4.69, 9.17) is 9.84 Å². The first-order valence-corrected chi connectivity index (χ1v) is 6.93. The van der Waals surface area contributed by atoms with Crippen LogP contribution >= 0.6 is 0 Å². The molecule has 0 bridgehead atoms. The second-order valence-corrected chi connectivity index (χ2v) is 5.07. The number of carboxylic acid groups (broad SMARTS) is 1. The third kappa shape index (κ3) is 7.00. The molecule has 2 amide bonds. The summed E-state index contributed by atoms with van der Waals surface area (Å²) in [6.07, 6.45) is 5.84. The van der Waals surface area contributed by atoms with E-state index in [2.05, 4.69) is 17.6 Å². The van der Waals surface area contributed by atoms with Gasteiger partial charge in [-0.25, -0.2) is 9.59 Å². The predicted molar refractivity (Wildman–Crippen MR) is 71.0 cm³/mol. The van der Waals surface area contributed by atoms with Gasteiger partial charge in [0.25, 0.3) is 0 Å². The van der Waals surface area contributed by atoms with Crippen LogP contribution in [0.3, 0.4) is 0 Å². The third-order valence-corrected chi connectivity index (χ3v) is 3.44. The van der Waals surface area contributed by atoms with Crippen LogP contribution < -0.4 is 10.6 Å². The molecule has 110 valence electrons. The second kappa shape index (κ2) is 8.74. The molecule has 0 aromatic rings. The molecule has 1 saturated carbocycles. The van der Waals surface area contributed by atoms with Gasteiger partial charge in [-0.15, -0.1) is 0 Å². The maximum atomic E-state index is 11.7. The average molecular weight is 272 g/mol. The van der Waals surface area contributed by atoms with Crippen molar-refractivity contribution in [2.45, 2.75) is 45.1 Å². The van der Waals surface area contributed by atoms with Gasteiger partial charge >= 0.3 is 12.0 Å². The summed E-state index contributed by atoms with van der Waals surface area (Å²) in [5, 5.41) is 14.0. The van der Waals surface area contributed by atoms with Crippen LogP contribution in [0.25, 0.3) is 0 Å². The van der Waals surface area contributed by atoms with Gasteiger partial charge in [0.1, 0.15) is 6.61 Å². The summed E-state index contributed by atoms with van der Waals surface area (Å²) >= 11 is 0. The SMILES string of the molecule is CC1CCCCCC1NC(=O)NCCOCC(=O)O. The van der Waals surface area contributed by atoms with Gasteiger partial charge in [-0.05, 0) is 18.8 Å². The Labute approximate surface area is 113 Å². The first kappa shape index (κ1) is 15.8. The van der Waals surface area contributed by atoms with Crippen LogP contribution in [0.4, 0.5) is 4.79 Å². The van der Waals surface area contributed by atoms with Crippen LogP contribution in [-0.4, -0.2) is 42.9 Å². The molecular weight excluding hydrogens is 248 g/mol. The van der Waals surface area contributed by atoms with Crippen LogP contribution in [0.2, 0.25) is 0 Å². The van der Waals surface area contributed by atoms with Crippen LogP contribution in [0, 0.1) is 5.92 Å². The zero-order valence-electron chi connectivity index (χ0n) is 11.5. The highest BCUT2D eigenvalue weighted by Crippen LogP contribution is 2.22. The van der Waals surface area contributed by atoms with Gasteiger partial charge < -0.3 is 20.5 Å². The van der Waals surface area contributed by atoms with Crippen molar-refractivity contribution in [2.24, 2.45) is 5.92 Å². The maximum Gasteiger partial charge on any atom is 0.329 e. The van der Waals surface area contributed by atoms with Crippen LogP contribution in [0.5, 0.6) is 0 Å². The Kier molecular flexibility index (Phi) is 7.25. The molecule has 0 aliphatic heterocycles. The Morgan fingerprint density at radius 2 is 2.00 bits per heavy atom. The molecule has 1 aliphatic carbocycles. The van der Waals surface area contributed by atoms with E-state index in [9.17, 15) is 9.59 Å². The van der Waals surface area contributed by atoms with Crippen LogP contribution in [0.15, 0.2) is 0 Å². The molecule has 0 heterocycles. The summed E-state index contributed by atoms with van der Waals surface area (Å²) in [6.45, 7) is 2.37. The van der Waals surface area contributed by atoms with Gasteiger partial charge in [-0.1, -0.05) is 26.2 Å². The first-order chi connectivity index (χ1) is 9.09. The van der Waals surface area contributed by atoms with Crippen LogP contribution in [0.1, 0.15) is 39.0 Å². The van der Waals surface area contributed by atoms with Crippen molar-refractivity contribution in [3.63, 3.8) is 0 Å². The summed E-state index contributed by atoms with van der Waals surface area (Å²) in [6, 6.07) is 0.0418. The number of urea groups is 1. The minimum atomic E-state index is -1.00. The van der Waals surface area contributed by atoms with Crippen molar-refractivity contribution in [2.75, 3.05) is 19.8 Å². The molecule has 2 unspecified atom stereocenters. The molecule has 1 rings (SSSR count). The number of rotatable bonds is 6. The minimum absolute atomic E-state index is 0.197. The van der Waals surface area contributed by atoms with E-state index in [-0.39, 0.29) is 25.3 Å². The quantitative estimate of drug-likeness (QED) is 0.503. The normalized spacial score (nSPS) is 23.4. The molecule has 0 spiro atoms. The fourth-order valence-electron chi connectivity index (χ4n) is 2.32. The standard InChI is InChI=1S/C13H24N2O4/c1-10-5-3-2-4-6-11(10)15-13(18)14-7-8-19-9-12(16)17/h10-11H,2-9H2,1H3,(H,16,17)(H2,14,15,18). The highest BCUT2D eigenvalue weighted by atomic mass is 16.5. The minimum Gasteiger partial charge on any atom is -0.480 e. The van der Waals surface area contributed by atoms with Crippen molar-refractivity contribution in [3.8, 4) is 0 Å². The lowest BCUT2D eigenvalue weighted by molar-refractivity contribution is -0.142. The van der Waals surface area contributed by atoms with E-state index in [1.54, 1.807) is 0 Å². The molecule has 6 nitrogen and oxygen atoms in total. The summed E-state index contributed by atoms with van der Waals surface area (Å²) in [5.41, 5.74) is 0. The summed E-state index contributed by atoms with van der Waals surface area (Å²) in [5.74, 6) is -0.492. The Bertz CT molecular complexity index is 296. The van der Waals surface area contributed by atoms with E-state index in [0.717, 1.165) is 19.3 Å². The molecule has 1 fully saturated rings. The van der Waals surface area contributed by atoms with E-state index in [0.29, 0.717) is 12.5 Å². The second-order valence-electron chi connectivity index (χ2n) is 5.07. The third-order valence-electron chi connectivity index (χ3n) is 3.44. The molecule has 0 aromatic carbocycles. The Morgan fingerprint density at radius 1 is 1.26 bits per heavy atom. The molecular formula is C13H24N2O4. The van der Waals surface area contributed by atoms with Crippen molar-refractivity contribution in [3.05, 3.63) is 0 Å². The molecule has 2 atom stereocenters. The fraction of sp³-hybridized carbons (Fsp3) is 0.846. The first-order valence-electron chi connectivity index (χ1n) is 6.93. The van der Waals surface area contributed by atoms with Gasteiger partial charge in [-0.3, -0.25) is 0 Å². The smallest absolute Gasteiger partial charge is 0.329 e. The van der Waals surface area contributed by atoms with E-state index < -0.39 is 5.97 Å². The molecule has 6 heteroatoms. The number of amides is 2.